The molecular weight excluding hydrogens is 322 g/mol. The number of hydrogen-bond acceptors (Lipinski definition) is 4. The summed E-state index contributed by atoms with van der Waals surface area (Å²) in [5.74, 6) is 1.23. The van der Waals surface area contributed by atoms with Crippen LogP contribution in [-0.4, -0.2) is 40.1 Å². The number of rotatable bonds is 3. The minimum absolute atomic E-state index is 0.0587. The molecule has 2 aromatic heterocycles. The molecule has 0 aliphatic carbocycles. The number of carbonyl (C=O) groups is 1. The number of imidazole rings is 1. The topological polar surface area (TPSA) is 47.4 Å². The van der Waals surface area contributed by atoms with Gasteiger partial charge in [-0.25, -0.2) is 4.98 Å². The van der Waals surface area contributed by atoms with Gasteiger partial charge in [-0.3, -0.25) is 4.79 Å². The summed E-state index contributed by atoms with van der Waals surface area (Å²) in [6, 6.07) is 2.51. The van der Waals surface area contributed by atoms with Gasteiger partial charge in [0.15, 0.2) is 0 Å². The fraction of sp³-hybridized carbons (Fsp3) is 0.556. The second kappa shape index (κ2) is 6.69. The molecule has 5 nitrogen and oxygen atoms in total. The maximum Gasteiger partial charge on any atom is 0.225 e. The Bertz CT molecular complexity index is 723. The molecule has 0 spiro atoms. The zero-order chi connectivity index (χ0) is 16.5. The number of likely N-dealkylation sites (tertiary alicyclic amines) is 1. The van der Waals surface area contributed by atoms with Crippen molar-refractivity contribution in [1.29, 1.82) is 0 Å². The highest BCUT2D eigenvalue weighted by atomic mass is 32.1. The summed E-state index contributed by atoms with van der Waals surface area (Å²) in [6.07, 6.45) is 7.38. The van der Waals surface area contributed by atoms with E-state index in [0.717, 1.165) is 44.8 Å². The van der Waals surface area contributed by atoms with E-state index in [1.807, 2.05) is 24.2 Å². The average molecular weight is 345 g/mol. The highest BCUT2D eigenvalue weighted by Crippen LogP contribution is 2.34. The van der Waals surface area contributed by atoms with Crippen LogP contribution in [0, 0.1) is 6.92 Å². The van der Waals surface area contributed by atoms with E-state index < -0.39 is 0 Å². The molecule has 1 fully saturated rings. The Morgan fingerprint density at radius 3 is 3.25 bits per heavy atom. The minimum Gasteiger partial charge on any atom is -0.372 e. The third-order valence-electron chi connectivity index (χ3n) is 5.13. The number of aromatic nitrogens is 2. The standard InChI is InChI=1S/C18H23N3O2S/c1-13-19-6-8-21(13)15-3-2-7-20(12-15)17(22)11-16-18-14(4-9-23-16)5-10-24-18/h5-6,8,10,15-16H,2-4,7,9,11-12H2,1H3. The van der Waals surface area contributed by atoms with Gasteiger partial charge in [-0.2, -0.15) is 0 Å². The average Bonchev–Trinajstić information content (AvgIpc) is 3.24. The van der Waals surface area contributed by atoms with Crippen LogP contribution in [0.15, 0.2) is 23.8 Å². The van der Waals surface area contributed by atoms with Crippen molar-refractivity contribution >= 4 is 17.2 Å². The van der Waals surface area contributed by atoms with Crippen LogP contribution in [0.25, 0.3) is 0 Å². The van der Waals surface area contributed by atoms with Gasteiger partial charge in [0.05, 0.1) is 19.1 Å². The van der Waals surface area contributed by atoms with Gasteiger partial charge in [0.25, 0.3) is 0 Å². The van der Waals surface area contributed by atoms with Gasteiger partial charge >= 0.3 is 0 Å². The number of fused-ring (bicyclic) bond motifs is 1. The van der Waals surface area contributed by atoms with Crippen molar-refractivity contribution in [1.82, 2.24) is 14.5 Å². The van der Waals surface area contributed by atoms with E-state index in [1.54, 1.807) is 11.3 Å². The molecule has 1 amide bonds. The normalized spacial score (nSPS) is 24.0. The molecule has 2 atom stereocenters. The maximum absolute atomic E-state index is 12.8. The molecule has 4 heterocycles. The first-order valence-corrected chi connectivity index (χ1v) is 9.55. The Balaban J connectivity index is 1.43. The Morgan fingerprint density at radius 1 is 1.50 bits per heavy atom. The first-order valence-electron chi connectivity index (χ1n) is 8.67. The number of carbonyl (C=O) groups excluding carboxylic acids is 1. The molecule has 4 rings (SSSR count). The molecule has 0 N–H and O–H groups in total. The van der Waals surface area contributed by atoms with Crippen molar-refractivity contribution in [3.63, 3.8) is 0 Å². The van der Waals surface area contributed by atoms with Crippen molar-refractivity contribution in [3.05, 3.63) is 40.1 Å². The van der Waals surface area contributed by atoms with E-state index in [4.69, 9.17) is 4.74 Å². The molecule has 2 aromatic rings. The molecular formula is C18H23N3O2S. The summed E-state index contributed by atoms with van der Waals surface area (Å²) in [5.41, 5.74) is 1.36. The largest absolute Gasteiger partial charge is 0.372 e. The van der Waals surface area contributed by atoms with Crippen LogP contribution in [-0.2, 0) is 16.0 Å². The molecule has 2 unspecified atom stereocenters. The van der Waals surface area contributed by atoms with Crippen molar-refractivity contribution < 1.29 is 9.53 Å². The molecule has 6 heteroatoms. The van der Waals surface area contributed by atoms with Gasteiger partial charge in [-0.05, 0) is 43.2 Å². The number of thiophene rings is 1. The first-order chi connectivity index (χ1) is 11.7. The highest BCUT2D eigenvalue weighted by molar-refractivity contribution is 7.10. The van der Waals surface area contributed by atoms with Crippen LogP contribution in [0.3, 0.4) is 0 Å². The number of amides is 1. The van der Waals surface area contributed by atoms with Crippen LogP contribution < -0.4 is 0 Å². The molecule has 2 aliphatic heterocycles. The van der Waals surface area contributed by atoms with Gasteiger partial charge in [0.2, 0.25) is 5.91 Å². The summed E-state index contributed by atoms with van der Waals surface area (Å²) in [7, 11) is 0. The molecule has 2 aliphatic rings. The van der Waals surface area contributed by atoms with E-state index in [2.05, 4.69) is 21.0 Å². The predicted molar refractivity (Wildman–Crippen MR) is 93.1 cm³/mol. The number of aryl methyl sites for hydroxylation is 1. The van der Waals surface area contributed by atoms with E-state index in [0.29, 0.717) is 12.5 Å². The lowest BCUT2D eigenvalue weighted by Crippen LogP contribution is -2.41. The molecule has 24 heavy (non-hydrogen) atoms. The molecule has 128 valence electrons. The molecule has 1 saturated heterocycles. The Labute approximate surface area is 146 Å². The zero-order valence-corrected chi connectivity index (χ0v) is 14.8. The number of ether oxygens (including phenoxy) is 1. The Morgan fingerprint density at radius 2 is 2.42 bits per heavy atom. The zero-order valence-electron chi connectivity index (χ0n) is 14.0. The second-order valence-corrected chi connectivity index (χ2v) is 7.59. The van der Waals surface area contributed by atoms with Gasteiger partial charge < -0.3 is 14.2 Å². The molecule has 0 radical (unpaired) electrons. The number of nitrogens with zero attached hydrogens (tertiary/aromatic N) is 3. The summed E-state index contributed by atoms with van der Waals surface area (Å²) in [5, 5.41) is 2.11. The van der Waals surface area contributed by atoms with Crippen LogP contribution >= 0.6 is 11.3 Å². The highest BCUT2D eigenvalue weighted by Gasteiger charge is 2.30. The van der Waals surface area contributed by atoms with Crippen molar-refractivity contribution in [2.24, 2.45) is 0 Å². The number of piperidine rings is 1. The van der Waals surface area contributed by atoms with E-state index in [-0.39, 0.29) is 12.0 Å². The molecule has 0 saturated carbocycles. The van der Waals surface area contributed by atoms with Crippen LogP contribution in [0.1, 0.15) is 47.7 Å². The molecule has 0 bridgehead atoms. The van der Waals surface area contributed by atoms with Gasteiger partial charge in [0.1, 0.15) is 11.9 Å². The van der Waals surface area contributed by atoms with Gasteiger partial charge in [-0.1, -0.05) is 0 Å². The summed E-state index contributed by atoms with van der Waals surface area (Å²) >= 11 is 1.71. The number of hydrogen-bond donors (Lipinski definition) is 0. The molecule has 0 aromatic carbocycles. The van der Waals surface area contributed by atoms with Crippen molar-refractivity contribution in [2.75, 3.05) is 19.7 Å². The summed E-state index contributed by atoms with van der Waals surface area (Å²) in [6.45, 7) is 4.38. The van der Waals surface area contributed by atoms with Crippen LogP contribution in [0.2, 0.25) is 0 Å². The Kier molecular flexibility index (Phi) is 4.41. The Hall–Kier alpha value is -1.66. The lowest BCUT2D eigenvalue weighted by molar-refractivity contribution is -0.136. The third-order valence-corrected chi connectivity index (χ3v) is 6.18. The van der Waals surface area contributed by atoms with Crippen molar-refractivity contribution in [2.45, 2.75) is 44.8 Å². The predicted octanol–water partition coefficient (Wildman–Crippen LogP) is 3.12. The monoisotopic (exact) mass is 345 g/mol. The lowest BCUT2D eigenvalue weighted by Gasteiger charge is -2.35. The fourth-order valence-electron chi connectivity index (χ4n) is 3.84. The van der Waals surface area contributed by atoms with E-state index >= 15 is 0 Å². The van der Waals surface area contributed by atoms with Crippen LogP contribution in [0.5, 0.6) is 0 Å². The van der Waals surface area contributed by atoms with Crippen molar-refractivity contribution in [3.8, 4) is 0 Å². The smallest absolute Gasteiger partial charge is 0.225 e. The van der Waals surface area contributed by atoms with Crippen LogP contribution in [0.4, 0.5) is 0 Å². The summed E-state index contributed by atoms with van der Waals surface area (Å²) in [4.78, 5) is 20.4. The SMILES string of the molecule is Cc1nccn1C1CCCN(C(=O)CC2OCCc3ccsc32)C1. The summed E-state index contributed by atoms with van der Waals surface area (Å²) < 4.78 is 8.09. The van der Waals surface area contributed by atoms with E-state index in [9.17, 15) is 4.79 Å². The van der Waals surface area contributed by atoms with Gasteiger partial charge in [-0.15, -0.1) is 11.3 Å². The first kappa shape index (κ1) is 15.8. The van der Waals surface area contributed by atoms with E-state index in [1.165, 1.54) is 10.4 Å². The van der Waals surface area contributed by atoms with Gasteiger partial charge in [0, 0.05) is 30.4 Å². The fourth-order valence-corrected chi connectivity index (χ4v) is 4.85. The lowest BCUT2D eigenvalue weighted by atomic mass is 10.0. The quantitative estimate of drug-likeness (QED) is 0.859. The minimum atomic E-state index is -0.0587. The maximum atomic E-state index is 12.8. The second-order valence-electron chi connectivity index (χ2n) is 6.64. The third kappa shape index (κ3) is 3.00.